The number of ether oxygens (including phenoxy) is 1. The standard InChI is InChI=1S/C32H35F2N3O6/c1-19-24(10-7-11-26(19)38)29(40)36-25(16-21-8-5-4-6-9-21)28(39)31(42)37-18-32(33,34)20(2)27(37)30(41)35-17-22-12-14-23(43-3)15-13-22/h4-15,20,25,27-28,38-39H,16-18H2,1-3H3,(H,35,41)(H,36,40)/t20?,25?,27-,28-/m0/s1. The summed E-state index contributed by atoms with van der Waals surface area (Å²) in [6.45, 7) is 1.69. The quantitative estimate of drug-likeness (QED) is 0.285. The molecule has 1 saturated heterocycles. The average Bonchev–Trinajstić information content (AvgIpc) is 3.25. The highest BCUT2D eigenvalue weighted by molar-refractivity contribution is 5.97. The number of amides is 3. The second-order valence-electron chi connectivity index (χ2n) is 10.7. The number of aliphatic hydroxyl groups is 1. The molecule has 1 aliphatic rings. The monoisotopic (exact) mass is 595 g/mol. The van der Waals surface area contributed by atoms with E-state index in [-0.39, 0.29) is 24.3 Å². The van der Waals surface area contributed by atoms with Crippen LogP contribution in [-0.2, 0) is 22.6 Å². The minimum atomic E-state index is -3.39. The van der Waals surface area contributed by atoms with Crippen LogP contribution >= 0.6 is 0 Å². The third-order valence-electron chi connectivity index (χ3n) is 7.83. The molecule has 4 atom stereocenters. The van der Waals surface area contributed by atoms with Crippen molar-refractivity contribution in [2.24, 2.45) is 5.92 Å². The lowest BCUT2D eigenvalue weighted by molar-refractivity contribution is -0.147. The Hall–Kier alpha value is -4.51. The number of carbonyl (C=O) groups excluding carboxylic acids is 3. The molecule has 2 unspecified atom stereocenters. The van der Waals surface area contributed by atoms with E-state index in [0.29, 0.717) is 27.3 Å². The van der Waals surface area contributed by atoms with Gasteiger partial charge in [0.15, 0.2) is 6.10 Å². The molecule has 0 radical (unpaired) electrons. The molecule has 9 nitrogen and oxygen atoms in total. The first-order chi connectivity index (χ1) is 20.4. The third kappa shape index (κ3) is 7.11. The van der Waals surface area contributed by atoms with E-state index in [1.54, 1.807) is 61.5 Å². The number of aliphatic hydroxyl groups excluding tert-OH is 1. The molecule has 228 valence electrons. The maximum Gasteiger partial charge on any atom is 0.270 e. The fraction of sp³-hybridized carbons (Fsp3) is 0.344. The van der Waals surface area contributed by atoms with E-state index in [1.165, 1.54) is 32.2 Å². The van der Waals surface area contributed by atoms with Crippen LogP contribution in [0.25, 0.3) is 0 Å². The molecule has 0 bridgehead atoms. The Morgan fingerprint density at radius 1 is 1.02 bits per heavy atom. The van der Waals surface area contributed by atoms with E-state index in [4.69, 9.17) is 4.74 Å². The van der Waals surface area contributed by atoms with Gasteiger partial charge in [0.1, 0.15) is 17.5 Å². The van der Waals surface area contributed by atoms with Crippen molar-refractivity contribution in [1.29, 1.82) is 0 Å². The van der Waals surface area contributed by atoms with Gasteiger partial charge in [0.2, 0.25) is 5.91 Å². The lowest BCUT2D eigenvalue weighted by atomic mass is 9.97. The van der Waals surface area contributed by atoms with E-state index in [0.717, 1.165) is 0 Å². The zero-order valence-electron chi connectivity index (χ0n) is 24.1. The molecular weight excluding hydrogens is 560 g/mol. The number of alkyl halides is 2. The highest BCUT2D eigenvalue weighted by Gasteiger charge is 2.57. The number of phenolic OH excluding ortho intramolecular Hbond substituents is 1. The number of nitrogens with one attached hydrogen (secondary N) is 2. The van der Waals surface area contributed by atoms with Crippen LogP contribution in [0.1, 0.15) is 34.0 Å². The van der Waals surface area contributed by atoms with E-state index < -0.39 is 54.3 Å². The van der Waals surface area contributed by atoms with Gasteiger partial charge < -0.3 is 30.5 Å². The van der Waals surface area contributed by atoms with Crippen LogP contribution in [0.3, 0.4) is 0 Å². The van der Waals surface area contributed by atoms with Crippen LogP contribution in [0.5, 0.6) is 11.5 Å². The number of rotatable bonds is 10. The van der Waals surface area contributed by atoms with E-state index in [1.807, 2.05) is 0 Å². The van der Waals surface area contributed by atoms with Gasteiger partial charge in [-0.2, -0.15) is 0 Å². The van der Waals surface area contributed by atoms with Gasteiger partial charge >= 0.3 is 0 Å². The van der Waals surface area contributed by atoms with Crippen molar-refractivity contribution in [3.05, 3.63) is 95.1 Å². The van der Waals surface area contributed by atoms with Crippen molar-refractivity contribution in [2.75, 3.05) is 13.7 Å². The topological polar surface area (TPSA) is 128 Å². The Labute approximate surface area is 248 Å². The number of aromatic hydroxyl groups is 1. The van der Waals surface area contributed by atoms with Gasteiger partial charge in [0, 0.05) is 17.7 Å². The summed E-state index contributed by atoms with van der Waals surface area (Å²) in [6.07, 6.45) is -1.97. The molecule has 1 fully saturated rings. The Morgan fingerprint density at radius 3 is 2.35 bits per heavy atom. The summed E-state index contributed by atoms with van der Waals surface area (Å²) in [5.41, 5.74) is 1.77. The molecule has 0 aliphatic carbocycles. The number of carbonyl (C=O) groups is 3. The molecule has 0 saturated carbocycles. The Morgan fingerprint density at radius 2 is 1.70 bits per heavy atom. The maximum atomic E-state index is 15.0. The molecule has 1 aliphatic heterocycles. The lowest BCUT2D eigenvalue weighted by Gasteiger charge is -2.31. The van der Waals surface area contributed by atoms with Crippen LogP contribution in [-0.4, -0.2) is 70.6 Å². The summed E-state index contributed by atoms with van der Waals surface area (Å²) in [6, 6.07) is 17.1. The van der Waals surface area contributed by atoms with Gasteiger partial charge in [0.25, 0.3) is 17.7 Å². The third-order valence-corrected chi connectivity index (χ3v) is 7.83. The SMILES string of the molecule is COc1ccc(CNC(=O)[C@@H]2C(C)C(F)(F)CN2C(=O)[C@@H](O)C(Cc2ccccc2)NC(=O)c2cccc(O)c2C)cc1. The van der Waals surface area contributed by atoms with Crippen molar-refractivity contribution in [3.8, 4) is 11.5 Å². The van der Waals surface area contributed by atoms with E-state index >= 15 is 0 Å². The maximum absolute atomic E-state index is 15.0. The number of benzene rings is 3. The summed E-state index contributed by atoms with van der Waals surface area (Å²) < 4.78 is 35.1. The van der Waals surface area contributed by atoms with Gasteiger partial charge in [-0.3, -0.25) is 14.4 Å². The summed E-state index contributed by atoms with van der Waals surface area (Å²) in [7, 11) is 1.52. The molecule has 1 heterocycles. The number of phenols is 1. The van der Waals surface area contributed by atoms with Crippen LogP contribution < -0.4 is 15.4 Å². The minimum Gasteiger partial charge on any atom is -0.508 e. The Bertz CT molecular complexity index is 1450. The van der Waals surface area contributed by atoms with Gasteiger partial charge in [0.05, 0.1) is 25.6 Å². The number of hydrogen-bond acceptors (Lipinski definition) is 6. The second kappa shape index (κ2) is 13.2. The smallest absolute Gasteiger partial charge is 0.270 e. The zero-order chi connectivity index (χ0) is 31.3. The first-order valence-electron chi connectivity index (χ1n) is 13.8. The highest BCUT2D eigenvalue weighted by Crippen LogP contribution is 2.38. The molecule has 4 N–H and O–H groups in total. The van der Waals surface area contributed by atoms with Gasteiger partial charge in [-0.05, 0) is 48.7 Å². The van der Waals surface area contributed by atoms with Crippen molar-refractivity contribution in [3.63, 3.8) is 0 Å². The Balaban J connectivity index is 1.56. The first kappa shape index (κ1) is 31.4. The average molecular weight is 596 g/mol. The first-order valence-corrected chi connectivity index (χ1v) is 13.8. The van der Waals surface area contributed by atoms with E-state index in [9.17, 15) is 33.4 Å². The largest absolute Gasteiger partial charge is 0.508 e. The fourth-order valence-corrected chi connectivity index (χ4v) is 5.16. The second-order valence-corrected chi connectivity index (χ2v) is 10.7. The van der Waals surface area contributed by atoms with E-state index in [2.05, 4.69) is 10.6 Å². The molecule has 0 spiro atoms. The number of likely N-dealkylation sites (tertiary alicyclic amines) is 1. The van der Waals surface area contributed by atoms with Crippen molar-refractivity contribution in [1.82, 2.24) is 15.5 Å². The molecule has 43 heavy (non-hydrogen) atoms. The Kier molecular flexibility index (Phi) is 9.65. The molecular formula is C32H35F2N3O6. The van der Waals surface area contributed by atoms with Crippen LogP contribution in [0.15, 0.2) is 72.8 Å². The predicted molar refractivity (Wildman–Crippen MR) is 155 cm³/mol. The number of nitrogens with zero attached hydrogens (tertiary/aromatic N) is 1. The van der Waals surface area contributed by atoms with Gasteiger partial charge in [-0.25, -0.2) is 8.78 Å². The zero-order valence-corrected chi connectivity index (χ0v) is 24.1. The predicted octanol–water partition coefficient (Wildman–Crippen LogP) is 3.21. The summed E-state index contributed by atoms with van der Waals surface area (Å²) in [5, 5.41) is 26.6. The van der Waals surface area contributed by atoms with Crippen LogP contribution in [0, 0.1) is 12.8 Å². The highest BCUT2D eigenvalue weighted by atomic mass is 19.3. The molecule has 3 amide bonds. The normalized spacial score (nSPS) is 18.9. The molecule has 11 heteroatoms. The van der Waals surface area contributed by atoms with Gasteiger partial charge in [-0.15, -0.1) is 0 Å². The fourth-order valence-electron chi connectivity index (χ4n) is 5.16. The number of methoxy groups -OCH3 is 1. The molecule has 3 aromatic carbocycles. The van der Waals surface area contributed by atoms with Crippen LogP contribution in [0.2, 0.25) is 0 Å². The molecule has 3 aromatic rings. The van der Waals surface area contributed by atoms with Crippen LogP contribution in [0.4, 0.5) is 8.78 Å². The molecule has 0 aromatic heterocycles. The summed E-state index contributed by atoms with van der Waals surface area (Å²) >= 11 is 0. The van der Waals surface area contributed by atoms with Crippen molar-refractivity contribution < 1.29 is 38.1 Å². The lowest BCUT2D eigenvalue weighted by Crippen LogP contribution is -2.56. The van der Waals surface area contributed by atoms with Crippen molar-refractivity contribution >= 4 is 17.7 Å². The minimum absolute atomic E-state index is 0.00846. The van der Waals surface area contributed by atoms with Gasteiger partial charge in [-0.1, -0.05) is 55.5 Å². The number of halogens is 2. The summed E-state index contributed by atoms with van der Waals surface area (Å²) in [4.78, 5) is 40.8. The molecule has 4 rings (SSSR count). The van der Waals surface area contributed by atoms with Crippen molar-refractivity contribution in [2.45, 2.75) is 50.9 Å². The summed E-state index contributed by atoms with van der Waals surface area (Å²) in [5.74, 6) is -7.00. The number of hydrogen-bond donors (Lipinski definition) is 4.